The number of likely N-dealkylation sites (N-methyl/N-ethyl adjacent to an activating group) is 1. The fourth-order valence-electron chi connectivity index (χ4n) is 3.14. The first kappa shape index (κ1) is 21.2. The van der Waals surface area contributed by atoms with Crippen molar-refractivity contribution in [2.45, 2.75) is 6.42 Å². The van der Waals surface area contributed by atoms with E-state index in [0.717, 1.165) is 24.9 Å². The van der Waals surface area contributed by atoms with Gasteiger partial charge in [-0.1, -0.05) is 30.0 Å². The summed E-state index contributed by atoms with van der Waals surface area (Å²) in [5.74, 6) is -1.40. The van der Waals surface area contributed by atoms with Gasteiger partial charge in [0.25, 0.3) is 11.6 Å². The molecule has 2 aliphatic heterocycles. The Hall–Kier alpha value is -2.50. The van der Waals surface area contributed by atoms with Crippen LogP contribution in [0.3, 0.4) is 0 Å². The fourth-order valence-corrected chi connectivity index (χ4v) is 4.45. The van der Waals surface area contributed by atoms with Crippen molar-refractivity contribution in [1.82, 2.24) is 9.80 Å². The van der Waals surface area contributed by atoms with Crippen molar-refractivity contribution in [2.75, 3.05) is 44.7 Å². The van der Waals surface area contributed by atoms with Crippen LogP contribution >= 0.6 is 24.0 Å². The van der Waals surface area contributed by atoms with Gasteiger partial charge in [0.05, 0.1) is 16.2 Å². The van der Waals surface area contributed by atoms with Crippen LogP contribution in [0.5, 0.6) is 0 Å². The summed E-state index contributed by atoms with van der Waals surface area (Å²) >= 11 is 6.23. The van der Waals surface area contributed by atoms with E-state index < -0.39 is 10.9 Å². The zero-order valence-electron chi connectivity index (χ0n) is 15.7. The highest BCUT2D eigenvalue weighted by atomic mass is 32.2. The molecule has 11 heteroatoms. The van der Waals surface area contributed by atoms with Crippen molar-refractivity contribution in [2.24, 2.45) is 0 Å². The molecule has 0 aromatic heterocycles. The third-order valence-corrected chi connectivity index (χ3v) is 6.14. The van der Waals surface area contributed by atoms with E-state index in [4.69, 9.17) is 17.3 Å². The number of thioether (sulfide) groups is 1. The molecule has 0 bridgehead atoms. The van der Waals surface area contributed by atoms with Crippen LogP contribution in [0, 0.1) is 10.1 Å². The highest BCUT2D eigenvalue weighted by Gasteiger charge is 2.32. The van der Waals surface area contributed by atoms with Gasteiger partial charge < -0.3 is 14.9 Å². The number of thiocarbonyl (C=S) groups is 1. The molecule has 29 heavy (non-hydrogen) atoms. The number of nitro groups is 1. The van der Waals surface area contributed by atoms with Crippen LogP contribution in [0.15, 0.2) is 23.1 Å². The Bertz CT molecular complexity index is 896. The van der Waals surface area contributed by atoms with Gasteiger partial charge in [0.1, 0.15) is 10.0 Å². The minimum Gasteiger partial charge on any atom is -0.481 e. The summed E-state index contributed by atoms with van der Waals surface area (Å²) < 4.78 is 0.283. The van der Waals surface area contributed by atoms with Crippen LogP contribution in [0.1, 0.15) is 12.0 Å². The lowest BCUT2D eigenvalue weighted by Gasteiger charge is -2.33. The number of amides is 1. The van der Waals surface area contributed by atoms with E-state index in [2.05, 4.69) is 4.90 Å². The minimum atomic E-state index is -1.02. The second kappa shape index (κ2) is 8.89. The molecule has 0 saturated carbocycles. The second-order valence-electron chi connectivity index (χ2n) is 6.77. The number of piperazine rings is 1. The van der Waals surface area contributed by atoms with Crippen LogP contribution in [0.2, 0.25) is 0 Å². The lowest BCUT2D eigenvalue weighted by molar-refractivity contribution is -0.384. The number of hydrogen-bond acceptors (Lipinski definition) is 8. The molecule has 0 spiro atoms. The van der Waals surface area contributed by atoms with E-state index in [1.54, 1.807) is 18.2 Å². The molecule has 9 nitrogen and oxygen atoms in total. The van der Waals surface area contributed by atoms with Crippen LogP contribution in [0.25, 0.3) is 6.08 Å². The van der Waals surface area contributed by atoms with Gasteiger partial charge in [-0.15, -0.1) is 0 Å². The number of carboxylic acids is 1. The highest BCUT2D eigenvalue weighted by molar-refractivity contribution is 8.26. The van der Waals surface area contributed by atoms with E-state index in [-0.39, 0.29) is 28.9 Å². The third-order valence-electron chi connectivity index (χ3n) is 4.76. The SMILES string of the molecule is CN1CCN(c2ccc(/C=C3/SC(=S)N(CCC(=O)O)C3=O)cc2[N+](=O)[O-])CC1. The molecule has 0 atom stereocenters. The Labute approximate surface area is 177 Å². The number of carbonyl (C=O) groups is 2. The molecule has 154 valence electrons. The second-order valence-corrected chi connectivity index (χ2v) is 8.45. The zero-order chi connectivity index (χ0) is 21.1. The molecule has 2 saturated heterocycles. The standard InChI is InChI=1S/C18H20N4O5S2/c1-19-6-8-20(9-7-19)13-3-2-12(10-14(13)22(26)27)11-15-17(25)21(18(28)29-15)5-4-16(23)24/h2-3,10-11H,4-9H2,1H3,(H,23,24)/b15-11+. The van der Waals surface area contributed by atoms with Gasteiger partial charge in [-0.25, -0.2) is 0 Å². The van der Waals surface area contributed by atoms with Crippen LogP contribution in [-0.2, 0) is 9.59 Å². The summed E-state index contributed by atoms with van der Waals surface area (Å²) in [6.45, 7) is 3.08. The summed E-state index contributed by atoms with van der Waals surface area (Å²) in [6.07, 6.45) is 1.35. The maximum atomic E-state index is 12.5. The minimum absolute atomic E-state index is 0.000167. The molecule has 1 N–H and O–H groups in total. The van der Waals surface area contributed by atoms with E-state index >= 15 is 0 Å². The van der Waals surface area contributed by atoms with Gasteiger partial charge in [-0.05, 0) is 24.8 Å². The van der Waals surface area contributed by atoms with Crippen LogP contribution in [0.4, 0.5) is 11.4 Å². The monoisotopic (exact) mass is 436 g/mol. The molecule has 2 aliphatic rings. The third kappa shape index (κ3) is 4.92. The largest absolute Gasteiger partial charge is 0.481 e. The van der Waals surface area contributed by atoms with Crippen molar-refractivity contribution in [1.29, 1.82) is 0 Å². The molecule has 1 amide bonds. The lowest BCUT2D eigenvalue weighted by Crippen LogP contribution is -2.44. The van der Waals surface area contributed by atoms with E-state index in [1.165, 1.54) is 11.0 Å². The molecule has 3 rings (SSSR count). The molecule has 0 radical (unpaired) electrons. The maximum Gasteiger partial charge on any atom is 0.305 e. The predicted octanol–water partition coefficient (Wildman–Crippen LogP) is 2.02. The van der Waals surface area contributed by atoms with Crippen molar-refractivity contribution in [3.63, 3.8) is 0 Å². The Morgan fingerprint density at radius 2 is 2.03 bits per heavy atom. The number of nitrogens with zero attached hydrogens (tertiary/aromatic N) is 4. The number of anilines is 1. The summed E-state index contributed by atoms with van der Waals surface area (Å²) in [7, 11) is 2.02. The highest BCUT2D eigenvalue weighted by Crippen LogP contribution is 2.35. The van der Waals surface area contributed by atoms with Gasteiger partial charge in [0, 0.05) is 38.8 Å². The van der Waals surface area contributed by atoms with E-state index in [0.29, 0.717) is 29.2 Å². The number of nitro benzene ring substituents is 1. The number of benzene rings is 1. The number of carbonyl (C=O) groups excluding carboxylic acids is 1. The molecule has 0 aliphatic carbocycles. The van der Waals surface area contributed by atoms with Crippen molar-refractivity contribution in [3.05, 3.63) is 38.8 Å². The van der Waals surface area contributed by atoms with Gasteiger partial charge in [-0.2, -0.15) is 0 Å². The normalized spacial score (nSPS) is 19.3. The quantitative estimate of drug-likeness (QED) is 0.310. The number of aliphatic carboxylic acids is 1. The summed E-state index contributed by atoms with van der Waals surface area (Å²) in [5.41, 5.74) is 1.08. The van der Waals surface area contributed by atoms with Gasteiger partial charge in [-0.3, -0.25) is 24.6 Å². The lowest BCUT2D eigenvalue weighted by atomic mass is 10.1. The maximum absolute atomic E-state index is 12.5. The Balaban J connectivity index is 1.83. The first-order valence-electron chi connectivity index (χ1n) is 8.95. The van der Waals surface area contributed by atoms with E-state index in [1.807, 2.05) is 11.9 Å². The summed E-state index contributed by atoms with van der Waals surface area (Å²) in [4.78, 5) is 40.2. The van der Waals surface area contributed by atoms with Crippen LogP contribution in [-0.4, -0.2) is 75.8 Å². The van der Waals surface area contributed by atoms with Crippen molar-refractivity contribution >= 4 is 57.6 Å². The molecule has 2 heterocycles. The van der Waals surface area contributed by atoms with Crippen LogP contribution < -0.4 is 4.90 Å². The topological polar surface area (TPSA) is 107 Å². The Kier molecular flexibility index (Phi) is 6.50. The number of hydrogen-bond donors (Lipinski definition) is 1. The van der Waals surface area contributed by atoms with Crippen molar-refractivity contribution in [3.8, 4) is 0 Å². The Morgan fingerprint density at radius 3 is 2.66 bits per heavy atom. The first-order chi connectivity index (χ1) is 13.8. The molecular formula is C18H20N4O5S2. The average molecular weight is 437 g/mol. The van der Waals surface area contributed by atoms with E-state index in [9.17, 15) is 19.7 Å². The van der Waals surface area contributed by atoms with Gasteiger partial charge >= 0.3 is 5.97 Å². The molecule has 1 aromatic rings. The summed E-state index contributed by atoms with van der Waals surface area (Å²) in [6, 6.07) is 4.91. The van der Waals surface area contributed by atoms with Gasteiger partial charge in [0.15, 0.2) is 0 Å². The number of rotatable bonds is 6. The van der Waals surface area contributed by atoms with Crippen molar-refractivity contribution < 1.29 is 19.6 Å². The number of carboxylic acid groups (broad SMARTS) is 1. The average Bonchev–Trinajstić information content (AvgIpc) is 2.93. The predicted molar refractivity (Wildman–Crippen MR) is 115 cm³/mol. The molecular weight excluding hydrogens is 416 g/mol. The summed E-state index contributed by atoms with van der Waals surface area (Å²) in [5, 5.41) is 20.4. The fraction of sp³-hybridized carbons (Fsp3) is 0.389. The molecule has 2 fully saturated rings. The molecule has 1 aromatic carbocycles. The zero-order valence-corrected chi connectivity index (χ0v) is 17.4. The molecule has 0 unspecified atom stereocenters. The smallest absolute Gasteiger partial charge is 0.305 e. The van der Waals surface area contributed by atoms with Gasteiger partial charge in [0.2, 0.25) is 0 Å². The Morgan fingerprint density at radius 1 is 1.34 bits per heavy atom. The first-order valence-corrected chi connectivity index (χ1v) is 10.2.